The number of hydrogen-bond donors (Lipinski definition) is 1. The number of hydrogen-bond acceptors (Lipinski definition) is 4. The Labute approximate surface area is 130 Å². The molecule has 0 aromatic carbocycles. The molecule has 1 N–H and O–H groups in total. The summed E-state index contributed by atoms with van der Waals surface area (Å²) in [6.07, 6.45) is 1.57. The highest BCUT2D eigenvalue weighted by molar-refractivity contribution is 7.16. The van der Waals surface area contributed by atoms with E-state index in [2.05, 4.69) is 25.2 Å². The Morgan fingerprint density at radius 2 is 2.10 bits per heavy atom. The molecule has 114 valence electrons. The van der Waals surface area contributed by atoms with Crippen molar-refractivity contribution in [2.45, 2.75) is 59.0 Å². The van der Waals surface area contributed by atoms with Crippen molar-refractivity contribution in [2.24, 2.45) is 5.92 Å². The first-order valence-corrected chi connectivity index (χ1v) is 8.08. The molecule has 0 radical (unpaired) electrons. The van der Waals surface area contributed by atoms with Gasteiger partial charge in [0.1, 0.15) is 16.7 Å². The van der Waals surface area contributed by atoms with E-state index < -0.39 is 11.7 Å². The average molecular weight is 306 g/mol. The first-order chi connectivity index (χ1) is 9.71. The SMILES string of the molecule is CC1Cc2sc(NC(=O)OC(C)(C)C)c(C#N)c2C(C)C1. The van der Waals surface area contributed by atoms with Gasteiger partial charge in [0.25, 0.3) is 0 Å². The van der Waals surface area contributed by atoms with Gasteiger partial charge in [0.05, 0.1) is 5.56 Å². The van der Waals surface area contributed by atoms with Gasteiger partial charge in [-0.25, -0.2) is 4.79 Å². The molecule has 0 spiro atoms. The maximum absolute atomic E-state index is 11.9. The third-order valence-electron chi connectivity index (χ3n) is 3.53. The molecule has 21 heavy (non-hydrogen) atoms. The first kappa shape index (κ1) is 15.8. The Kier molecular flexibility index (Phi) is 4.29. The molecule has 2 rings (SSSR count). The smallest absolute Gasteiger partial charge is 0.412 e. The highest BCUT2D eigenvalue weighted by atomic mass is 32.1. The lowest BCUT2D eigenvalue weighted by Gasteiger charge is -2.24. The van der Waals surface area contributed by atoms with Gasteiger partial charge < -0.3 is 4.74 Å². The van der Waals surface area contributed by atoms with Crippen LogP contribution in [0.1, 0.15) is 63.0 Å². The normalized spacial score (nSPS) is 21.3. The molecule has 2 atom stereocenters. The van der Waals surface area contributed by atoms with Crippen molar-refractivity contribution in [3.05, 3.63) is 16.0 Å². The van der Waals surface area contributed by atoms with Crippen LogP contribution in [0.4, 0.5) is 9.80 Å². The minimum atomic E-state index is -0.546. The zero-order valence-corrected chi connectivity index (χ0v) is 14.1. The maximum Gasteiger partial charge on any atom is 0.412 e. The predicted molar refractivity (Wildman–Crippen MR) is 84.8 cm³/mol. The van der Waals surface area contributed by atoms with Gasteiger partial charge in [-0.15, -0.1) is 11.3 Å². The summed E-state index contributed by atoms with van der Waals surface area (Å²) in [5.74, 6) is 0.982. The fourth-order valence-corrected chi connectivity index (χ4v) is 4.30. The minimum absolute atomic E-state index is 0.365. The number of nitriles is 1. The van der Waals surface area contributed by atoms with Crippen LogP contribution in [0.15, 0.2) is 0 Å². The van der Waals surface area contributed by atoms with E-state index in [1.54, 1.807) is 0 Å². The molecule has 1 aromatic rings. The standard InChI is InChI=1S/C16H22N2O2S/c1-9-6-10(2)13-11(8-17)14(21-12(13)7-9)18-15(19)20-16(3,4)5/h9-10H,6-7H2,1-5H3,(H,18,19). The Balaban J connectivity index is 2.28. The molecule has 1 aliphatic rings. The Hall–Kier alpha value is -1.54. The number of fused-ring (bicyclic) bond motifs is 1. The van der Waals surface area contributed by atoms with E-state index in [1.165, 1.54) is 16.2 Å². The molecule has 0 bridgehead atoms. The second-order valence-electron chi connectivity index (χ2n) is 6.83. The fraction of sp³-hybridized carbons (Fsp3) is 0.625. The number of thiophene rings is 1. The Morgan fingerprint density at radius 3 is 2.67 bits per heavy atom. The molecule has 0 saturated heterocycles. The van der Waals surface area contributed by atoms with E-state index >= 15 is 0 Å². The van der Waals surface area contributed by atoms with Gasteiger partial charge in [0.15, 0.2) is 0 Å². The molecule has 4 nitrogen and oxygen atoms in total. The van der Waals surface area contributed by atoms with Gasteiger partial charge in [-0.2, -0.15) is 5.26 Å². The van der Waals surface area contributed by atoms with E-state index in [0.717, 1.165) is 18.4 Å². The summed E-state index contributed by atoms with van der Waals surface area (Å²) in [6.45, 7) is 9.84. The van der Waals surface area contributed by atoms with Crippen LogP contribution < -0.4 is 5.32 Å². The fourth-order valence-electron chi connectivity index (χ4n) is 2.88. The van der Waals surface area contributed by atoms with Crippen LogP contribution in [-0.4, -0.2) is 11.7 Å². The van der Waals surface area contributed by atoms with Crippen LogP contribution in [0.3, 0.4) is 0 Å². The van der Waals surface area contributed by atoms with E-state index in [9.17, 15) is 10.1 Å². The van der Waals surface area contributed by atoms with Crippen molar-refractivity contribution in [3.8, 4) is 6.07 Å². The van der Waals surface area contributed by atoms with Crippen LogP contribution in [0.25, 0.3) is 0 Å². The van der Waals surface area contributed by atoms with E-state index in [1.807, 2.05) is 20.8 Å². The summed E-state index contributed by atoms with van der Waals surface area (Å²) in [7, 11) is 0. The number of anilines is 1. The van der Waals surface area contributed by atoms with Gasteiger partial charge in [-0.3, -0.25) is 5.32 Å². The highest BCUT2D eigenvalue weighted by Gasteiger charge is 2.29. The van der Waals surface area contributed by atoms with Crippen molar-refractivity contribution in [1.82, 2.24) is 0 Å². The van der Waals surface area contributed by atoms with Crippen LogP contribution >= 0.6 is 11.3 Å². The number of carbonyl (C=O) groups excluding carboxylic acids is 1. The summed E-state index contributed by atoms with van der Waals surface area (Å²) in [4.78, 5) is 13.1. The molecule has 1 aromatic heterocycles. The molecule has 1 amide bonds. The first-order valence-electron chi connectivity index (χ1n) is 7.27. The monoisotopic (exact) mass is 306 g/mol. The maximum atomic E-state index is 11.9. The topological polar surface area (TPSA) is 62.1 Å². The van der Waals surface area contributed by atoms with E-state index in [-0.39, 0.29) is 0 Å². The van der Waals surface area contributed by atoms with Crippen LogP contribution in [0.5, 0.6) is 0 Å². The third-order valence-corrected chi connectivity index (χ3v) is 4.67. The summed E-state index contributed by atoms with van der Waals surface area (Å²) in [5.41, 5.74) is 1.18. The van der Waals surface area contributed by atoms with Gasteiger partial charge in [-0.05, 0) is 51.0 Å². The van der Waals surface area contributed by atoms with Gasteiger partial charge in [0, 0.05) is 4.88 Å². The van der Waals surface area contributed by atoms with Gasteiger partial charge in [0.2, 0.25) is 0 Å². The molecular formula is C16H22N2O2S. The molecule has 1 heterocycles. The van der Waals surface area contributed by atoms with Crippen molar-refractivity contribution >= 4 is 22.4 Å². The predicted octanol–water partition coefficient (Wildman–Crippen LogP) is 4.65. The Bertz CT molecular complexity index is 593. The zero-order valence-electron chi connectivity index (χ0n) is 13.2. The van der Waals surface area contributed by atoms with Crippen molar-refractivity contribution in [1.29, 1.82) is 5.26 Å². The summed E-state index contributed by atoms with van der Waals surface area (Å²) < 4.78 is 5.27. The number of nitrogens with one attached hydrogen (secondary N) is 1. The molecule has 2 unspecified atom stereocenters. The third kappa shape index (κ3) is 3.56. The van der Waals surface area contributed by atoms with Crippen LogP contribution in [0.2, 0.25) is 0 Å². The molecule has 0 aliphatic heterocycles. The number of carbonyl (C=O) groups is 1. The van der Waals surface area contributed by atoms with Crippen molar-refractivity contribution in [3.63, 3.8) is 0 Å². The number of rotatable bonds is 1. The summed E-state index contributed by atoms with van der Waals surface area (Å²) in [6, 6.07) is 2.26. The molecule has 5 heteroatoms. The number of amides is 1. The average Bonchev–Trinajstić information content (AvgIpc) is 2.63. The second kappa shape index (κ2) is 5.69. The molecule has 1 aliphatic carbocycles. The highest BCUT2D eigenvalue weighted by Crippen LogP contribution is 2.44. The summed E-state index contributed by atoms with van der Waals surface area (Å²) in [5, 5.41) is 12.8. The van der Waals surface area contributed by atoms with E-state index in [4.69, 9.17) is 4.74 Å². The van der Waals surface area contributed by atoms with Gasteiger partial charge in [-0.1, -0.05) is 13.8 Å². The lowest BCUT2D eigenvalue weighted by atomic mass is 9.81. The van der Waals surface area contributed by atoms with Crippen molar-refractivity contribution < 1.29 is 9.53 Å². The molecule has 0 saturated carbocycles. The number of nitrogens with zero attached hydrogens (tertiary/aromatic N) is 1. The minimum Gasteiger partial charge on any atom is -0.444 e. The molecular weight excluding hydrogens is 284 g/mol. The van der Waals surface area contributed by atoms with E-state index in [0.29, 0.717) is 22.4 Å². The lowest BCUT2D eigenvalue weighted by Crippen LogP contribution is -2.27. The van der Waals surface area contributed by atoms with Crippen molar-refractivity contribution in [2.75, 3.05) is 5.32 Å². The van der Waals surface area contributed by atoms with Gasteiger partial charge >= 0.3 is 6.09 Å². The van der Waals surface area contributed by atoms with Crippen LogP contribution in [-0.2, 0) is 11.2 Å². The lowest BCUT2D eigenvalue weighted by molar-refractivity contribution is 0.0636. The quantitative estimate of drug-likeness (QED) is 0.821. The number of ether oxygens (including phenoxy) is 1. The summed E-state index contributed by atoms with van der Waals surface area (Å²) >= 11 is 1.51. The second-order valence-corrected chi connectivity index (χ2v) is 7.93. The Morgan fingerprint density at radius 1 is 1.43 bits per heavy atom. The van der Waals surface area contributed by atoms with Crippen LogP contribution in [0, 0.1) is 17.2 Å². The zero-order chi connectivity index (χ0) is 15.8. The molecule has 0 fully saturated rings. The largest absolute Gasteiger partial charge is 0.444 e.